The average molecular weight is 470 g/mol. The predicted molar refractivity (Wildman–Crippen MR) is 121 cm³/mol. The van der Waals surface area contributed by atoms with Gasteiger partial charge in [-0.3, -0.25) is 9.48 Å². The first-order chi connectivity index (χ1) is 16.1. The van der Waals surface area contributed by atoms with Crippen LogP contribution in [0.4, 0.5) is 13.2 Å². The zero-order valence-electron chi connectivity index (χ0n) is 19.1. The highest BCUT2D eigenvalue weighted by Crippen LogP contribution is 2.32. The molecular weight excluding hydrogens is 445 g/mol. The first kappa shape index (κ1) is 23.5. The molecule has 0 atom stereocenters. The number of hydrogen-bond donors (Lipinski definition) is 1. The molecule has 7 nitrogen and oxygen atoms in total. The number of nitrogens with one attached hydrogen (secondary N) is 1. The van der Waals surface area contributed by atoms with Crippen LogP contribution in [0, 0.1) is 6.92 Å². The zero-order valence-corrected chi connectivity index (χ0v) is 19.1. The van der Waals surface area contributed by atoms with E-state index in [0.717, 1.165) is 17.3 Å². The lowest BCUT2D eigenvalue weighted by Gasteiger charge is -2.11. The SMILES string of the molecule is Cc1ccn(CCCNC(=O)c2cc3nc(-c4ccc(C(C)C)cc4)cc(C(F)(F)F)n3n2)n1. The molecule has 34 heavy (non-hydrogen) atoms. The van der Waals surface area contributed by atoms with E-state index in [1.165, 1.54) is 6.07 Å². The minimum atomic E-state index is -4.67. The second kappa shape index (κ2) is 9.28. The second-order valence-corrected chi connectivity index (χ2v) is 8.43. The van der Waals surface area contributed by atoms with E-state index < -0.39 is 17.8 Å². The molecule has 3 aromatic heterocycles. The summed E-state index contributed by atoms with van der Waals surface area (Å²) in [6.45, 7) is 6.91. The Bertz CT molecular complexity index is 1300. The first-order valence-electron chi connectivity index (χ1n) is 11.0. The Morgan fingerprint density at radius 2 is 1.82 bits per heavy atom. The van der Waals surface area contributed by atoms with E-state index in [2.05, 4.69) is 20.5 Å². The highest BCUT2D eigenvalue weighted by molar-refractivity contribution is 5.93. The summed E-state index contributed by atoms with van der Waals surface area (Å²) in [6, 6.07) is 11.4. The van der Waals surface area contributed by atoms with Gasteiger partial charge in [0.25, 0.3) is 5.91 Å². The monoisotopic (exact) mass is 470 g/mol. The van der Waals surface area contributed by atoms with Gasteiger partial charge in [-0.2, -0.15) is 23.4 Å². The minimum absolute atomic E-state index is 0.0464. The lowest BCUT2D eigenvalue weighted by atomic mass is 10.0. The molecule has 0 radical (unpaired) electrons. The van der Waals surface area contributed by atoms with Crippen molar-refractivity contribution in [3.63, 3.8) is 0 Å². The van der Waals surface area contributed by atoms with E-state index >= 15 is 0 Å². The number of aromatic nitrogens is 5. The second-order valence-electron chi connectivity index (χ2n) is 8.43. The van der Waals surface area contributed by atoms with E-state index in [-0.39, 0.29) is 17.0 Å². The Morgan fingerprint density at radius 3 is 2.44 bits per heavy atom. The average Bonchev–Trinajstić information content (AvgIpc) is 3.41. The van der Waals surface area contributed by atoms with Gasteiger partial charge in [-0.25, -0.2) is 9.50 Å². The molecule has 0 aliphatic rings. The summed E-state index contributed by atoms with van der Waals surface area (Å²) in [5, 5.41) is 10.9. The molecule has 0 saturated heterocycles. The molecule has 0 saturated carbocycles. The number of carbonyl (C=O) groups excluding carboxylic acids is 1. The predicted octanol–water partition coefficient (Wildman–Crippen LogP) is 4.86. The van der Waals surface area contributed by atoms with Gasteiger partial charge in [-0.15, -0.1) is 0 Å². The summed E-state index contributed by atoms with van der Waals surface area (Å²) in [7, 11) is 0. The van der Waals surface area contributed by atoms with Crippen LogP contribution >= 0.6 is 0 Å². The Morgan fingerprint density at radius 1 is 1.09 bits per heavy atom. The van der Waals surface area contributed by atoms with Gasteiger partial charge in [-0.1, -0.05) is 38.1 Å². The molecule has 0 aliphatic heterocycles. The number of benzene rings is 1. The van der Waals surface area contributed by atoms with Crippen LogP contribution in [0.5, 0.6) is 0 Å². The van der Waals surface area contributed by atoms with Gasteiger partial charge in [0.05, 0.1) is 11.4 Å². The number of carbonyl (C=O) groups is 1. The highest BCUT2D eigenvalue weighted by Gasteiger charge is 2.35. The van der Waals surface area contributed by atoms with Crippen molar-refractivity contribution in [2.24, 2.45) is 0 Å². The van der Waals surface area contributed by atoms with Crippen molar-refractivity contribution in [3.8, 4) is 11.3 Å². The van der Waals surface area contributed by atoms with E-state index in [0.29, 0.717) is 35.5 Å². The number of hydrogen-bond acceptors (Lipinski definition) is 4. The summed E-state index contributed by atoms with van der Waals surface area (Å²) in [5.41, 5.74) is 1.53. The molecule has 1 amide bonds. The number of aryl methyl sites for hydroxylation is 2. The maximum absolute atomic E-state index is 13.8. The fraction of sp³-hybridized carbons (Fsp3) is 0.333. The quantitative estimate of drug-likeness (QED) is 0.391. The van der Waals surface area contributed by atoms with Crippen molar-refractivity contribution in [3.05, 3.63) is 71.3 Å². The van der Waals surface area contributed by atoms with Gasteiger partial charge >= 0.3 is 6.18 Å². The lowest BCUT2D eigenvalue weighted by molar-refractivity contribution is -0.142. The molecular formula is C24H25F3N6O. The molecule has 4 aromatic rings. The summed E-state index contributed by atoms with van der Waals surface area (Å²) in [4.78, 5) is 16.9. The number of fused-ring (bicyclic) bond motifs is 1. The van der Waals surface area contributed by atoms with Crippen LogP contribution < -0.4 is 5.32 Å². The van der Waals surface area contributed by atoms with Gasteiger partial charge in [-0.05, 0) is 37.0 Å². The van der Waals surface area contributed by atoms with Crippen molar-refractivity contribution in [2.45, 2.75) is 45.8 Å². The first-order valence-corrected chi connectivity index (χ1v) is 11.0. The van der Waals surface area contributed by atoms with Gasteiger partial charge < -0.3 is 5.32 Å². The Labute approximate surface area is 194 Å². The molecule has 10 heteroatoms. The highest BCUT2D eigenvalue weighted by atomic mass is 19.4. The van der Waals surface area contributed by atoms with Crippen molar-refractivity contribution in [2.75, 3.05) is 6.54 Å². The molecule has 0 unspecified atom stereocenters. The molecule has 1 aromatic carbocycles. The number of nitrogens with zero attached hydrogens (tertiary/aromatic N) is 5. The van der Waals surface area contributed by atoms with Crippen LogP contribution in [0.25, 0.3) is 16.9 Å². The topological polar surface area (TPSA) is 77.1 Å². The summed E-state index contributed by atoms with van der Waals surface area (Å²) >= 11 is 0. The van der Waals surface area contributed by atoms with Gasteiger partial charge in [0.2, 0.25) is 0 Å². The maximum atomic E-state index is 13.8. The Balaban J connectivity index is 1.56. The van der Waals surface area contributed by atoms with Crippen molar-refractivity contribution < 1.29 is 18.0 Å². The van der Waals surface area contributed by atoms with Crippen LogP contribution in [0.2, 0.25) is 0 Å². The van der Waals surface area contributed by atoms with Crippen LogP contribution in [-0.2, 0) is 12.7 Å². The zero-order chi connectivity index (χ0) is 24.5. The van der Waals surface area contributed by atoms with Gasteiger partial charge in [0, 0.05) is 30.9 Å². The van der Waals surface area contributed by atoms with Gasteiger partial charge in [0.1, 0.15) is 0 Å². The molecule has 0 bridgehead atoms. The molecule has 178 valence electrons. The van der Waals surface area contributed by atoms with Crippen LogP contribution in [0.15, 0.2) is 48.7 Å². The van der Waals surface area contributed by atoms with E-state index in [1.54, 1.807) is 16.8 Å². The molecule has 4 rings (SSSR count). The molecule has 0 fully saturated rings. The third kappa shape index (κ3) is 5.11. The Hall–Kier alpha value is -3.69. The van der Waals surface area contributed by atoms with Gasteiger partial charge in [0.15, 0.2) is 17.0 Å². The Kier molecular flexibility index (Phi) is 6.41. The standard InChI is InChI=1S/C24H25F3N6O/c1-15(2)17-5-7-18(8-6-17)19-13-21(24(25,26)27)33-22(29-19)14-20(31-33)23(34)28-10-4-11-32-12-9-16(3)30-32/h5-9,12-15H,4,10-11H2,1-3H3,(H,28,34). The molecule has 0 spiro atoms. The van der Waals surface area contributed by atoms with E-state index in [4.69, 9.17) is 0 Å². The van der Waals surface area contributed by atoms with E-state index in [1.807, 2.05) is 45.2 Å². The fourth-order valence-corrected chi connectivity index (χ4v) is 3.60. The lowest BCUT2D eigenvalue weighted by Crippen LogP contribution is -2.26. The largest absolute Gasteiger partial charge is 0.433 e. The van der Waals surface area contributed by atoms with Crippen molar-refractivity contribution in [1.82, 2.24) is 29.7 Å². The molecule has 1 N–H and O–H groups in total. The number of rotatable bonds is 7. The van der Waals surface area contributed by atoms with Crippen LogP contribution in [0.3, 0.4) is 0 Å². The smallest absolute Gasteiger partial charge is 0.351 e. The van der Waals surface area contributed by atoms with Crippen molar-refractivity contribution >= 4 is 11.6 Å². The number of alkyl halides is 3. The van der Waals surface area contributed by atoms with E-state index in [9.17, 15) is 18.0 Å². The number of amides is 1. The minimum Gasteiger partial charge on any atom is -0.351 e. The summed E-state index contributed by atoms with van der Waals surface area (Å²) < 4.78 is 43.9. The number of halogens is 3. The fourth-order valence-electron chi connectivity index (χ4n) is 3.60. The third-order valence-corrected chi connectivity index (χ3v) is 5.45. The molecule has 0 aliphatic carbocycles. The normalized spacial score (nSPS) is 12.0. The van der Waals surface area contributed by atoms with Crippen molar-refractivity contribution in [1.29, 1.82) is 0 Å². The molecule has 3 heterocycles. The maximum Gasteiger partial charge on any atom is 0.433 e. The van der Waals surface area contributed by atoms with Crippen LogP contribution in [-0.4, -0.2) is 36.8 Å². The summed E-state index contributed by atoms with van der Waals surface area (Å²) in [5.74, 6) is -0.257. The summed E-state index contributed by atoms with van der Waals surface area (Å²) in [6.07, 6.45) is -2.21. The van der Waals surface area contributed by atoms with Crippen LogP contribution in [0.1, 0.15) is 53.6 Å². The third-order valence-electron chi connectivity index (χ3n) is 5.45.